The van der Waals surface area contributed by atoms with E-state index in [2.05, 4.69) is 37.7 Å². The molecule has 0 N–H and O–H groups in total. The summed E-state index contributed by atoms with van der Waals surface area (Å²) in [6.07, 6.45) is 2.28. The van der Waals surface area contributed by atoms with E-state index in [-0.39, 0.29) is 18.9 Å². The molecule has 0 saturated heterocycles. The second-order valence-corrected chi connectivity index (χ2v) is 0.854. The molecule has 0 saturated carbocycles. The van der Waals surface area contributed by atoms with E-state index in [4.69, 9.17) is 0 Å². The van der Waals surface area contributed by atoms with Gasteiger partial charge in [-0.25, -0.2) is 0 Å². The van der Waals surface area contributed by atoms with Crippen molar-refractivity contribution in [3.05, 3.63) is 20.8 Å². The molecular weight excluding hydrogens is 165 g/mol. The van der Waals surface area contributed by atoms with E-state index in [9.17, 15) is 0 Å². The van der Waals surface area contributed by atoms with Gasteiger partial charge in [-0.1, -0.05) is 13.3 Å². The molecule has 0 heterocycles. The van der Waals surface area contributed by atoms with Crippen LogP contribution < -0.4 is 18.9 Å². The van der Waals surface area contributed by atoms with E-state index >= 15 is 0 Å². The molecule has 0 nitrogen and oxygen atoms in total. The van der Waals surface area contributed by atoms with Gasteiger partial charge < -0.3 is 20.8 Å². The zero-order valence-corrected chi connectivity index (χ0v) is 10.4. The van der Waals surface area contributed by atoms with Crippen molar-refractivity contribution in [1.29, 1.82) is 0 Å². The van der Waals surface area contributed by atoms with Crippen LogP contribution in [-0.2, 0) is 0 Å². The summed E-state index contributed by atoms with van der Waals surface area (Å²) in [5.41, 5.74) is 0. The Balaban J connectivity index is -0.0000000152. The van der Waals surface area contributed by atoms with Crippen molar-refractivity contribution >= 4 is 25.4 Å². The smallest absolute Gasteiger partial charge is 0.346 e. The quantitative estimate of drug-likeness (QED) is 0.414. The molecule has 0 aliphatic heterocycles. The van der Waals surface area contributed by atoms with E-state index in [1.807, 2.05) is 15.4 Å². The minimum atomic E-state index is 0. The van der Waals surface area contributed by atoms with E-state index in [0.29, 0.717) is 0 Å². The zero-order chi connectivity index (χ0) is 9.41. The molecule has 0 bridgehead atoms. The molecule has 0 unspecified atom stereocenters. The molecule has 0 aromatic heterocycles. The third-order valence-electron chi connectivity index (χ3n) is 0.354. The average Bonchev–Trinajstić information content (AvgIpc) is 2.14. The van der Waals surface area contributed by atoms with Crippen LogP contribution in [0.15, 0.2) is 0 Å². The van der Waals surface area contributed by atoms with Gasteiger partial charge in [0.25, 0.3) is 0 Å². The maximum atomic E-state index is 4.56. The zero-order valence-electron chi connectivity index (χ0n) is 8.49. The Labute approximate surface area is 98.3 Å². The standard InChI is InChI=1S/C4H9.2C2H5.Al.ClH.Li/c1-3-4-2;2*1-2;;;/h1,3-4H2,2H3;2*1H2,2H3;;1H;/q3*-1;+3;;+1/p-1. The van der Waals surface area contributed by atoms with Crippen molar-refractivity contribution in [3.63, 3.8) is 0 Å². The second-order valence-electron chi connectivity index (χ2n) is 0.854. The third kappa shape index (κ3) is 173. The van der Waals surface area contributed by atoms with Crippen LogP contribution in [-0.4, -0.2) is 15.4 Å². The van der Waals surface area contributed by atoms with E-state index in [1.54, 1.807) is 13.8 Å². The van der Waals surface area contributed by atoms with Crippen molar-refractivity contribution in [2.24, 2.45) is 0 Å². The second kappa shape index (κ2) is 106. The minimum absolute atomic E-state index is 0. The Kier molecular flexibility index (Phi) is 284. The third-order valence-corrected chi connectivity index (χ3v) is 0.354. The molecule has 0 aliphatic carbocycles. The fourth-order valence-corrected chi connectivity index (χ4v) is 0. The van der Waals surface area contributed by atoms with Gasteiger partial charge in [0.05, 0.1) is 0 Å². The largest absolute Gasteiger partial charge is 1.00 e. The van der Waals surface area contributed by atoms with E-state index < -0.39 is 0 Å². The molecule has 0 aliphatic rings. The van der Waals surface area contributed by atoms with Crippen LogP contribution in [0.25, 0.3) is 0 Å². The van der Waals surface area contributed by atoms with Gasteiger partial charge in [-0.3, -0.25) is 0 Å². The van der Waals surface area contributed by atoms with Crippen molar-refractivity contribution in [2.45, 2.75) is 33.6 Å². The van der Waals surface area contributed by atoms with Crippen LogP contribution in [0.3, 0.4) is 0 Å². The monoisotopic (exact) mass is 184 g/mol. The van der Waals surface area contributed by atoms with Gasteiger partial charge in [0, 0.05) is 0 Å². The minimum Gasteiger partial charge on any atom is -0.346 e. The number of hydrogen-bond acceptors (Lipinski definition) is 0. The molecule has 3 heteroatoms. The van der Waals surface area contributed by atoms with Crippen LogP contribution in [0.1, 0.15) is 33.6 Å². The first-order chi connectivity index (χ1) is 4.91. The molecule has 0 radical (unpaired) electrons. The van der Waals surface area contributed by atoms with Crippen molar-refractivity contribution in [3.8, 4) is 0 Å². The molecule has 0 rings (SSSR count). The molecule has 0 spiro atoms. The Morgan fingerprint density at radius 2 is 1.18 bits per heavy atom. The summed E-state index contributed by atoms with van der Waals surface area (Å²) in [6, 6.07) is 0. The fraction of sp³-hybridized carbons (Fsp3) is 0.625. The first kappa shape index (κ1) is 29.4. The summed E-state index contributed by atoms with van der Waals surface area (Å²) in [5.74, 6) is 0. The van der Waals surface area contributed by atoms with Gasteiger partial charge in [0.15, 0.2) is 0 Å². The van der Waals surface area contributed by atoms with E-state index in [0.717, 1.165) is 6.42 Å². The summed E-state index contributed by atoms with van der Waals surface area (Å²) in [7, 11) is 4.56. The summed E-state index contributed by atoms with van der Waals surface area (Å²) >= 11 is 1.89. The molecule has 62 valence electrons. The molecule has 0 aromatic carbocycles. The van der Waals surface area contributed by atoms with Crippen LogP contribution in [0.5, 0.6) is 0 Å². The summed E-state index contributed by atoms with van der Waals surface area (Å²) in [6.45, 7) is 15.7. The SMILES string of the molecule is [Al+2][Cl].[CH2-]C.[CH2-]C.[CH2-]CCC.[Li+]. The molecule has 0 atom stereocenters. The Morgan fingerprint density at radius 1 is 1.09 bits per heavy atom. The van der Waals surface area contributed by atoms with Crippen LogP contribution >= 0.6 is 10.0 Å². The fourth-order valence-electron chi connectivity index (χ4n) is 0. The molecule has 0 fully saturated rings. The molecule has 0 amide bonds. The maximum absolute atomic E-state index is 4.56. The van der Waals surface area contributed by atoms with Crippen molar-refractivity contribution in [2.75, 3.05) is 0 Å². The van der Waals surface area contributed by atoms with Crippen molar-refractivity contribution < 1.29 is 18.9 Å². The Bertz CT molecular complexity index is 16.1. The first-order valence-corrected chi connectivity index (χ1v) is 5.09. The Morgan fingerprint density at radius 3 is 1.18 bits per heavy atom. The van der Waals surface area contributed by atoms with Crippen LogP contribution in [0.4, 0.5) is 0 Å². The van der Waals surface area contributed by atoms with Gasteiger partial charge in [0.2, 0.25) is 0 Å². The predicted octanol–water partition coefficient (Wildman–Crippen LogP) is 0.614. The topological polar surface area (TPSA) is 0 Å². The first-order valence-electron chi connectivity index (χ1n) is 3.34. The number of hydrogen-bond donors (Lipinski definition) is 0. The number of rotatable bonds is 1. The molecule has 11 heavy (non-hydrogen) atoms. The van der Waals surface area contributed by atoms with Gasteiger partial charge in [0.1, 0.15) is 0 Å². The molecular formula is C8H19AlClLi. The van der Waals surface area contributed by atoms with Crippen LogP contribution in [0, 0.1) is 20.8 Å². The van der Waals surface area contributed by atoms with Gasteiger partial charge in [-0.15, -0.1) is 0 Å². The van der Waals surface area contributed by atoms with Gasteiger partial charge >= 0.3 is 44.3 Å². The van der Waals surface area contributed by atoms with Crippen molar-refractivity contribution in [1.82, 2.24) is 0 Å². The normalized spacial score (nSPS) is 4.45. The van der Waals surface area contributed by atoms with E-state index in [1.165, 1.54) is 6.42 Å². The number of halogens is 1. The summed E-state index contributed by atoms with van der Waals surface area (Å²) in [4.78, 5) is 0. The van der Waals surface area contributed by atoms with Gasteiger partial charge in [-0.05, 0) is 0 Å². The summed E-state index contributed by atoms with van der Waals surface area (Å²) < 4.78 is 0. The predicted molar refractivity (Wildman–Crippen MR) is 53.9 cm³/mol. The maximum Gasteiger partial charge on any atom is 1.00 e. The Hall–Kier alpha value is 1.42. The van der Waals surface area contributed by atoms with Gasteiger partial charge in [-0.2, -0.15) is 20.3 Å². The number of unbranched alkanes of at least 4 members (excludes halogenated alkanes) is 1. The average molecular weight is 185 g/mol. The summed E-state index contributed by atoms with van der Waals surface area (Å²) in [5, 5.41) is 0. The van der Waals surface area contributed by atoms with Crippen LogP contribution in [0.2, 0.25) is 0 Å². The molecule has 0 aromatic rings.